The Balaban J connectivity index is 1.99. The molecule has 1 aromatic carbocycles. The van der Waals surface area contributed by atoms with Gasteiger partial charge in [0.25, 0.3) is 0 Å². The molecule has 3 rings (SSSR count). The summed E-state index contributed by atoms with van der Waals surface area (Å²) < 4.78 is 0. The Kier molecular flexibility index (Phi) is 3.98. The summed E-state index contributed by atoms with van der Waals surface area (Å²) in [6.07, 6.45) is 6.61. The summed E-state index contributed by atoms with van der Waals surface area (Å²) in [6.45, 7) is 6.79. The van der Waals surface area contributed by atoms with Gasteiger partial charge in [-0.25, -0.2) is 0 Å². The van der Waals surface area contributed by atoms with Gasteiger partial charge in [-0.3, -0.25) is 4.90 Å². The molecule has 3 heteroatoms. The Bertz CT molecular complexity index is 672. The first kappa shape index (κ1) is 14.2. The Morgan fingerprint density at radius 3 is 2.67 bits per heavy atom. The van der Waals surface area contributed by atoms with E-state index in [4.69, 9.17) is 0 Å². The van der Waals surface area contributed by atoms with Gasteiger partial charge in [-0.05, 0) is 62.0 Å². The maximum atomic E-state index is 9.42. The van der Waals surface area contributed by atoms with Crippen LogP contribution in [-0.2, 0) is 12.8 Å². The third kappa shape index (κ3) is 2.45. The van der Waals surface area contributed by atoms with Crippen LogP contribution in [0.3, 0.4) is 0 Å². The first-order chi connectivity index (χ1) is 10.3. The minimum Gasteiger partial charge on any atom is -0.361 e. The predicted octanol–water partition coefficient (Wildman–Crippen LogP) is 3.63. The van der Waals surface area contributed by atoms with Crippen molar-refractivity contribution in [2.45, 2.75) is 45.6 Å². The van der Waals surface area contributed by atoms with Crippen molar-refractivity contribution in [3.63, 3.8) is 0 Å². The second kappa shape index (κ2) is 5.91. The summed E-state index contributed by atoms with van der Waals surface area (Å²) in [5.41, 5.74) is 4.65. The molecule has 1 atom stereocenters. The number of H-pyrrole nitrogens is 1. The van der Waals surface area contributed by atoms with Crippen molar-refractivity contribution in [1.29, 1.82) is 5.26 Å². The Morgan fingerprint density at radius 2 is 2.00 bits per heavy atom. The van der Waals surface area contributed by atoms with Gasteiger partial charge in [-0.15, -0.1) is 0 Å². The van der Waals surface area contributed by atoms with Crippen LogP contribution in [0.2, 0.25) is 0 Å². The number of aromatic nitrogens is 1. The molecule has 0 amide bonds. The first-order valence-electron chi connectivity index (χ1n) is 8.04. The largest absolute Gasteiger partial charge is 0.361 e. The molecule has 0 radical (unpaired) electrons. The second-order valence-electron chi connectivity index (χ2n) is 6.04. The standard InChI is InChI=1S/C18H23N3/c1-3-7-21(8-4-2)15-9-14-12-20-17-6-5-13(11-19)16(10-15)18(14)17/h5-6,12,15,20H,3-4,7-10H2,1-2H3. The molecule has 1 heterocycles. The van der Waals surface area contributed by atoms with Crippen molar-refractivity contribution >= 4 is 10.9 Å². The lowest BCUT2D eigenvalue weighted by molar-refractivity contribution is 0.192. The van der Waals surface area contributed by atoms with E-state index in [9.17, 15) is 5.26 Å². The lowest BCUT2D eigenvalue weighted by atomic mass is 9.86. The molecule has 21 heavy (non-hydrogen) atoms. The fourth-order valence-electron chi connectivity index (χ4n) is 3.72. The lowest BCUT2D eigenvalue weighted by Crippen LogP contribution is -2.41. The third-order valence-corrected chi connectivity index (χ3v) is 4.59. The molecule has 0 saturated heterocycles. The summed E-state index contributed by atoms with van der Waals surface area (Å²) in [6, 6.07) is 6.92. The summed E-state index contributed by atoms with van der Waals surface area (Å²) >= 11 is 0. The van der Waals surface area contributed by atoms with E-state index in [1.54, 1.807) is 0 Å². The van der Waals surface area contributed by atoms with Gasteiger partial charge in [-0.2, -0.15) is 5.26 Å². The van der Waals surface area contributed by atoms with E-state index >= 15 is 0 Å². The van der Waals surface area contributed by atoms with Gasteiger partial charge >= 0.3 is 0 Å². The van der Waals surface area contributed by atoms with Crippen LogP contribution in [0.5, 0.6) is 0 Å². The number of hydrogen-bond donors (Lipinski definition) is 1. The number of hydrogen-bond acceptors (Lipinski definition) is 2. The molecule has 0 fully saturated rings. The van der Waals surface area contributed by atoms with Crippen molar-refractivity contribution in [1.82, 2.24) is 9.88 Å². The zero-order chi connectivity index (χ0) is 14.8. The van der Waals surface area contributed by atoms with Gasteiger partial charge < -0.3 is 4.98 Å². The molecular weight excluding hydrogens is 258 g/mol. The lowest BCUT2D eigenvalue weighted by Gasteiger charge is -2.34. The van der Waals surface area contributed by atoms with Crippen LogP contribution in [0, 0.1) is 11.3 Å². The van der Waals surface area contributed by atoms with E-state index in [0.29, 0.717) is 6.04 Å². The van der Waals surface area contributed by atoms with Crippen LogP contribution in [0.1, 0.15) is 43.4 Å². The third-order valence-electron chi connectivity index (χ3n) is 4.59. The minimum atomic E-state index is 0.533. The van der Waals surface area contributed by atoms with Crippen LogP contribution in [-0.4, -0.2) is 29.0 Å². The SMILES string of the molecule is CCCN(CCC)C1Cc2c[nH]c3ccc(C#N)c(c23)C1. The smallest absolute Gasteiger partial charge is 0.0994 e. The summed E-state index contributed by atoms with van der Waals surface area (Å²) in [4.78, 5) is 5.97. The molecule has 1 aliphatic rings. The van der Waals surface area contributed by atoms with Gasteiger partial charge in [0, 0.05) is 23.1 Å². The monoisotopic (exact) mass is 281 g/mol. The van der Waals surface area contributed by atoms with Crippen LogP contribution in [0.25, 0.3) is 10.9 Å². The summed E-state index contributed by atoms with van der Waals surface area (Å²) in [5, 5.41) is 10.7. The molecular formula is C18H23N3. The molecule has 1 N–H and O–H groups in total. The normalized spacial score (nSPS) is 17.3. The number of aromatic amines is 1. The number of nitriles is 1. The Morgan fingerprint density at radius 1 is 1.24 bits per heavy atom. The topological polar surface area (TPSA) is 42.8 Å². The van der Waals surface area contributed by atoms with Crippen LogP contribution in [0.15, 0.2) is 18.3 Å². The number of benzene rings is 1. The zero-order valence-electron chi connectivity index (χ0n) is 12.9. The molecule has 0 saturated carbocycles. The van der Waals surface area contributed by atoms with E-state index in [1.807, 2.05) is 12.1 Å². The van der Waals surface area contributed by atoms with Crippen LogP contribution >= 0.6 is 0 Å². The van der Waals surface area contributed by atoms with E-state index in [0.717, 1.165) is 31.5 Å². The molecule has 1 aromatic heterocycles. The molecule has 0 aliphatic heterocycles. The maximum Gasteiger partial charge on any atom is 0.0994 e. The highest BCUT2D eigenvalue weighted by Crippen LogP contribution is 2.33. The highest BCUT2D eigenvalue weighted by Gasteiger charge is 2.27. The zero-order valence-corrected chi connectivity index (χ0v) is 12.9. The van der Waals surface area contributed by atoms with E-state index in [2.05, 4.69) is 36.0 Å². The van der Waals surface area contributed by atoms with Gasteiger partial charge in [0.1, 0.15) is 0 Å². The fraction of sp³-hybridized carbons (Fsp3) is 0.500. The maximum absolute atomic E-state index is 9.42. The van der Waals surface area contributed by atoms with Crippen LogP contribution in [0.4, 0.5) is 0 Å². The van der Waals surface area contributed by atoms with Gasteiger partial charge in [0.2, 0.25) is 0 Å². The van der Waals surface area contributed by atoms with Gasteiger partial charge in [0.05, 0.1) is 11.6 Å². The Hall–Kier alpha value is -1.79. The van der Waals surface area contributed by atoms with Gasteiger partial charge in [0.15, 0.2) is 0 Å². The van der Waals surface area contributed by atoms with E-state index < -0.39 is 0 Å². The molecule has 1 unspecified atom stereocenters. The van der Waals surface area contributed by atoms with E-state index in [1.165, 1.54) is 34.9 Å². The second-order valence-corrected chi connectivity index (χ2v) is 6.04. The van der Waals surface area contributed by atoms with Crippen LogP contribution < -0.4 is 0 Å². The summed E-state index contributed by atoms with van der Waals surface area (Å²) in [7, 11) is 0. The molecule has 0 spiro atoms. The van der Waals surface area contributed by atoms with Crippen molar-refractivity contribution in [3.05, 3.63) is 35.0 Å². The fourth-order valence-corrected chi connectivity index (χ4v) is 3.72. The van der Waals surface area contributed by atoms with Crippen molar-refractivity contribution in [2.75, 3.05) is 13.1 Å². The summed E-state index contributed by atoms with van der Waals surface area (Å²) in [5.74, 6) is 0. The molecule has 3 nitrogen and oxygen atoms in total. The quantitative estimate of drug-likeness (QED) is 0.909. The molecule has 1 aliphatic carbocycles. The molecule has 110 valence electrons. The highest BCUT2D eigenvalue weighted by molar-refractivity contribution is 5.89. The minimum absolute atomic E-state index is 0.533. The number of nitrogens with one attached hydrogen (secondary N) is 1. The predicted molar refractivity (Wildman–Crippen MR) is 86.4 cm³/mol. The molecule has 2 aromatic rings. The van der Waals surface area contributed by atoms with Crippen molar-refractivity contribution in [3.8, 4) is 6.07 Å². The molecule has 0 bridgehead atoms. The number of rotatable bonds is 5. The Labute approximate surface area is 126 Å². The highest BCUT2D eigenvalue weighted by atomic mass is 15.1. The average Bonchev–Trinajstić information content (AvgIpc) is 2.92. The van der Waals surface area contributed by atoms with E-state index in [-0.39, 0.29) is 0 Å². The number of nitrogens with zero attached hydrogens (tertiary/aromatic N) is 2. The average molecular weight is 281 g/mol. The first-order valence-corrected chi connectivity index (χ1v) is 8.04. The van der Waals surface area contributed by atoms with Crippen molar-refractivity contribution in [2.24, 2.45) is 0 Å². The van der Waals surface area contributed by atoms with Gasteiger partial charge in [-0.1, -0.05) is 13.8 Å². The van der Waals surface area contributed by atoms with Crippen molar-refractivity contribution < 1.29 is 0 Å².